The quantitative estimate of drug-likeness (QED) is 0.478. The van der Waals surface area contributed by atoms with Gasteiger partial charge in [-0.2, -0.15) is 0 Å². The van der Waals surface area contributed by atoms with Crippen molar-refractivity contribution in [2.75, 3.05) is 0 Å². The third kappa shape index (κ3) is 3.23. The second-order valence-electron chi connectivity index (χ2n) is 2.09. The summed E-state index contributed by atoms with van der Waals surface area (Å²) in [5.74, 6) is -0.356. The molecule has 1 heterocycles. The van der Waals surface area contributed by atoms with Crippen LogP contribution in [0, 0.1) is 3.57 Å². The Morgan fingerprint density at radius 3 is 2.43 bits per heavy atom. The molecule has 0 saturated heterocycles. The van der Waals surface area contributed by atoms with Crippen LogP contribution in [-0.2, 0) is 0 Å². The molecule has 1 aromatic heterocycles. The van der Waals surface area contributed by atoms with Crippen LogP contribution in [0.25, 0.3) is 0 Å². The number of aromatic nitrogens is 1. The molecule has 0 amide bonds. The van der Waals surface area contributed by atoms with Crippen LogP contribution in [0.2, 0.25) is 0 Å². The Kier molecular flexibility index (Phi) is 4.03. The van der Waals surface area contributed by atoms with Crippen LogP contribution in [0.3, 0.4) is 0 Å². The van der Waals surface area contributed by atoms with E-state index < -0.39 is 6.36 Å². The van der Waals surface area contributed by atoms with Gasteiger partial charge in [-0.1, -0.05) is 0 Å². The normalized spacial score (nSPS) is 11.6. The third-order valence-corrected chi connectivity index (χ3v) is 5.03. The van der Waals surface area contributed by atoms with Crippen molar-refractivity contribution in [1.82, 2.24) is 4.98 Å². The first-order valence-corrected chi connectivity index (χ1v) is 5.73. The number of rotatable bonds is 1. The molecule has 2 nitrogen and oxygen atoms in total. The fourth-order valence-corrected chi connectivity index (χ4v) is 1.97. The van der Waals surface area contributed by atoms with Crippen molar-refractivity contribution in [3.63, 3.8) is 0 Å². The highest BCUT2D eigenvalue weighted by atomic mass is 127. The maximum absolute atomic E-state index is 11.9. The van der Waals surface area contributed by atoms with Gasteiger partial charge in [-0.25, -0.2) is 4.98 Å². The average molecular weight is 447 g/mol. The Morgan fingerprint density at radius 1 is 1.36 bits per heavy atom. The van der Waals surface area contributed by atoms with E-state index in [1.165, 1.54) is 0 Å². The van der Waals surface area contributed by atoms with Gasteiger partial charge in [-0.15, -0.1) is 13.2 Å². The zero-order valence-corrected chi connectivity index (χ0v) is 11.5. The van der Waals surface area contributed by atoms with Crippen molar-refractivity contribution in [1.29, 1.82) is 0 Å². The second kappa shape index (κ2) is 4.52. The van der Waals surface area contributed by atoms with E-state index in [1.807, 2.05) is 22.6 Å². The fourth-order valence-electron chi connectivity index (χ4n) is 0.623. The van der Waals surface area contributed by atoms with E-state index in [2.05, 4.69) is 41.6 Å². The third-order valence-electron chi connectivity index (χ3n) is 1.11. The summed E-state index contributed by atoms with van der Waals surface area (Å²) in [6.07, 6.45) is -3.72. The van der Waals surface area contributed by atoms with Crippen molar-refractivity contribution < 1.29 is 17.9 Å². The number of nitrogens with zero attached hydrogens (tertiary/aromatic N) is 1. The first kappa shape index (κ1) is 12.5. The van der Waals surface area contributed by atoms with Crippen molar-refractivity contribution in [3.05, 3.63) is 18.8 Å². The monoisotopic (exact) mass is 445 g/mol. The first-order chi connectivity index (χ1) is 6.31. The molecule has 0 bridgehead atoms. The Balaban J connectivity index is 3.06. The molecule has 0 aromatic carbocycles. The lowest BCUT2D eigenvalue weighted by Gasteiger charge is -2.11. The summed E-state index contributed by atoms with van der Waals surface area (Å²) in [6.45, 7) is 0. The van der Waals surface area contributed by atoms with E-state index in [0.29, 0.717) is 8.17 Å². The zero-order chi connectivity index (χ0) is 10.9. The van der Waals surface area contributed by atoms with Crippen molar-refractivity contribution in [3.8, 4) is 5.75 Å². The Labute approximate surface area is 108 Å². The van der Waals surface area contributed by atoms with Crippen LogP contribution in [0.4, 0.5) is 13.2 Å². The molecule has 1 aromatic rings. The molecule has 78 valence electrons. The van der Waals surface area contributed by atoms with E-state index in [9.17, 15) is 13.2 Å². The van der Waals surface area contributed by atoms with Crippen molar-refractivity contribution >= 4 is 54.5 Å². The van der Waals surface area contributed by atoms with Crippen LogP contribution in [0.1, 0.15) is 0 Å². The first-order valence-electron chi connectivity index (χ1n) is 3.06. The maximum atomic E-state index is 11.9. The predicted molar refractivity (Wildman–Crippen MR) is 59.0 cm³/mol. The van der Waals surface area contributed by atoms with Crippen molar-refractivity contribution in [2.45, 2.75) is 6.36 Å². The summed E-state index contributed by atoms with van der Waals surface area (Å²) >= 11 is 7.90. The van der Waals surface area contributed by atoms with E-state index in [0.717, 1.165) is 6.20 Å². The summed E-state index contributed by atoms with van der Waals surface area (Å²) in [5, 5.41) is 0. The Morgan fingerprint density at radius 2 is 1.93 bits per heavy atom. The number of hydrogen-bond acceptors (Lipinski definition) is 2. The van der Waals surface area contributed by atoms with Gasteiger partial charge in [0, 0.05) is 0 Å². The van der Waals surface area contributed by atoms with E-state index in [1.54, 1.807) is 0 Å². The van der Waals surface area contributed by atoms with Gasteiger partial charge < -0.3 is 4.74 Å². The number of pyridine rings is 1. The van der Waals surface area contributed by atoms with E-state index >= 15 is 0 Å². The summed E-state index contributed by atoms with van der Waals surface area (Å²) in [5.41, 5.74) is 0. The number of hydrogen-bond donors (Lipinski definition) is 0. The molecule has 14 heavy (non-hydrogen) atoms. The molecule has 0 N–H and O–H groups in total. The molecule has 0 saturated carbocycles. The molecule has 0 spiro atoms. The molecule has 0 aliphatic heterocycles. The molecule has 0 unspecified atom stereocenters. The van der Waals surface area contributed by atoms with Gasteiger partial charge in [0.1, 0.15) is 4.60 Å². The highest BCUT2D eigenvalue weighted by Gasteiger charge is 2.32. The largest absolute Gasteiger partial charge is 0.573 e. The van der Waals surface area contributed by atoms with Gasteiger partial charge in [0.2, 0.25) is 0 Å². The molecule has 8 heteroatoms. The van der Waals surface area contributed by atoms with Gasteiger partial charge >= 0.3 is 6.36 Å². The van der Waals surface area contributed by atoms with E-state index in [-0.39, 0.29) is 10.2 Å². The molecular weight excluding hydrogens is 446 g/mol. The minimum absolute atomic E-state index is 0.220. The van der Waals surface area contributed by atoms with Gasteiger partial charge in [0.15, 0.2) is 5.75 Å². The molecule has 1 rings (SSSR count). The molecular formula is C6HBr2F3INO. The molecule has 0 atom stereocenters. The molecule has 0 fully saturated rings. The van der Waals surface area contributed by atoms with E-state index in [4.69, 9.17) is 0 Å². The smallest absolute Gasteiger partial charge is 0.403 e. The minimum atomic E-state index is -4.71. The van der Waals surface area contributed by atoms with Gasteiger partial charge in [0.05, 0.1) is 14.2 Å². The van der Waals surface area contributed by atoms with Crippen LogP contribution in [0.15, 0.2) is 15.3 Å². The Bertz CT molecular complexity index is 358. The predicted octanol–water partition coefficient (Wildman–Crippen LogP) is 4.11. The zero-order valence-electron chi connectivity index (χ0n) is 6.20. The number of ether oxygens (including phenoxy) is 1. The lowest BCUT2D eigenvalue weighted by molar-refractivity contribution is -0.275. The lowest BCUT2D eigenvalue weighted by Crippen LogP contribution is -2.17. The summed E-state index contributed by atoms with van der Waals surface area (Å²) in [4.78, 5) is 3.68. The second-order valence-corrected chi connectivity index (χ2v) is 4.71. The van der Waals surface area contributed by atoms with Gasteiger partial charge in [0.25, 0.3) is 0 Å². The summed E-state index contributed by atoms with van der Waals surface area (Å²) in [6, 6.07) is 0. The highest BCUT2D eigenvalue weighted by Crippen LogP contribution is 2.35. The standard InChI is InChI=1S/C6HBr2F3INO/c7-3-2(14-6(9,10)11)1-13-5(8)4(3)12/h1H. The van der Waals surface area contributed by atoms with Crippen LogP contribution < -0.4 is 4.74 Å². The number of alkyl halides is 3. The lowest BCUT2D eigenvalue weighted by atomic mass is 10.5. The SMILES string of the molecule is FC(F)(F)Oc1cnc(Br)c(I)c1Br. The summed E-state index contributed by atoms with van der Waals surface area (Å²) in [7, 11) is 0. The molecule has 0 radical (unpaired) electrons. The summed E-state index contributed by atoms with van der Waals surface area (Å²) < 4.78 is 40.5. The van der Waals surface area contributed by atoms with Gasteiger partial charge in [-0.05, 0) is 54.5 Å². The highest BCUT2D eigenvalue weighted by molar-refractivity contribution is 14.1. The molecule has 0 aliphatic rings. The average Bonchev–Trinajstić information content (AvgIpc) is 2.04. The van der Waals surface area contributed by atoms with Crippen LogP contribution >= 0.6 is 54.5 Å². The molecule has 0 aliphatic carbocycles. The number of halogens is 6. The Hall–Kier alpha value is 0.430. The van der Waals surface area contributed by atoms with Gasteiger partial charge in [-0.3, -0.25) is 0 Å². The maximum Gasteiger partial charge on any atom is 0.573 e. The topological polar surface area (TPSA) is 22.1 Å². The van der Waals surface area contributed by atoms with Crippen LogP contribution in [-0.4, -0.2) is 11.3 Å². The fraction of sp³-hybridized carbons (Fsp3) is 0.167. The minimum Gasteiger partial charge on any atom is -0.403 e. The van der Waals surface area contributed by atoms with Crippen molar-refractivity contribution in [2.24, 2.45) is 0 Å². The van der Waals surface area contributed by atoms with Crippen LogP contribution in [0.5, 0.6) is 5.75 Å².